The highest BCUT2D eigenvalue weighted by Gasteiger charge is 2.37. The van der Waals surface area contributed by atoms with Gasteiger partial charge in [-0.15, -0.1) is 0 Å². The summed E-state index contributed by atoms with van der Waals surface area (Å²) in [4.78, 5) is 7.16. The summed E-state index contributed by atoms with van der Waals surface area (Å²) in [6.45, 7) is 5.00. The van der Waals surface area contributed by atoms with E-state index in [0.29, 0.717) is 0 Å². The van der Waals surface area contributed by atoms with E-state index in [9.17, 15) is 0 Å². The molecule has 3 nitrogen and oxygen atoms in total. The number of benzene rings is 1. The van der Waals surface area contributed by atoms with Crippen LogP contribution in [0.25, 0.3) is 10.9 Å². The first-order chi connectivity index (χ1) is 10.3. The van der Waals surface area contributed by atoms with Gasteiger partial charge in [0.15, 0.2) is 0 Å². The van der Waals surface area contributed by atoms with Gasteiger partial charge in [-0.3, -0.25) is 9.88 Å². The topological polar surface area (TPSA) is 42.2 Å². The molecule has 0 spiro atoms. The van der Waals surface area contributed by atoms with Crippen LogP contribution in [0.3, 0.4) is 0 Å². The van der Waals surface area contributed by atoms with E-state index in [2.05, 4.69) is 41.1 Å². The largest absolute Gasteiger partial charge is 0.329 e. The minimum absolute atomic E-state index is 0.200. The lowest BCUT2D eigenvalue weighted by Crippen LogP contribution is -2.51. The Labute approximate surface area is 127 Å². The molecule has 2 aromatic rings. The maximum atomic E-state index is 6.15. The van der Waals surface area contributed by atoms with Crippen LogP contribution in [0.1, 0.15) is 38.2 Å². The van der Waals surface area contributed by atoms with Gasteiger partial charge in [0.05, 0.1) is 5.52 Å². The van der Waals surface area contributed by atoms with Crippen LogP contribution in [-0.4, -0.2) is 28.5 Å². The zero-order valence-electron chi connectivity index (χ0n) is 12.9. The first-order valence-corrected chi connectivity index (χ1v) is 8.07. The van der Waals surface area contributed by atoms with Crippen molar-refractivity contribution in [2.45, 2.75) is 44.7 Å². The van der Waals surface area contributed by atoms with Gasteiger partial charge < -0.3 is 5.73 Å². The van der Waals surface area contributed by atoms with Gasteiger partial charge >= 0.3 is 0 Å². The van der Waals surface area contributed by atoms with Gasteiger partial charge in [0.25, 0.3) is 0 Å². The lowest BCUT2D eigenvalue weighted by molar-refractivity contribution is 0.0975. The number of likely N-dealkylation sites (N-methyl/N-ethyl adjacent to an activating group) is 1. The predicted octanol–water partition coefficient (Wildman–Crippen LogP) is 3.33. The number of nitrogens with two attached hydrogens (primary N) is 1. The first-order valence-electron chi connectivity index (χ1n) is 8.07. The molecule has 1 aliphatic rings. The van der Waals surface area contributed by atoms with Crippen molar-refractivity contribution in [3.8, 4) is 0 Å². The highest BCUT2D eigenvalue weighted by molar-refractivity contribution is 5.81. The minimum atomic E-state index is 0.200. The third-order valence-electron chi connectivity index (χ3n) is 5.04. The van der Waals surface area contributed by atoms with Gasteiger partial charge in [0, 0.05) is 30.2 Å². The fourth-order valence-electron chi connectivity index (χ4n) is 3.80. The molecular formula is C18H25N3. The van der Waals surface area contributed by atoms with E-state index < -0.39 is 0 Å². The Morgan fingerprint density at radius 2 is 1.95 bits per heavy atom. The quantitative estimate of drug-likeness (QED) is 0.915. The second-order valence-electron chi connectivity index (χ2n) is 6.14. The smallest absolute Gasteiger partial charge is 0.0746 e. The molecule has 0 aliphatic heterocycles. The third-order valence-corrected chi connectivity index (χ3v) is 5.04. The molecule has 0 saturated heterocycles. The predicted molar refractivity (Wildman–Crippen MR) is 88.1 cm³/mol. The van der Waals surface area contributed by atoms with E-state index in [1.54, 1.807) is 0 Å². The number of para-hydroxylation sites is 1. The highest BCUT2D eigenvalue weighted by atomic mass is 15.2. The summed E-state index contributed by atoms with van der Waals surface area (Å²) in [5.41, 5.74) is 8.80. The first kappa shape index (κ1) is 14.5. The Hall–Kier alpha value is -1.45. The summed E-state index contributed by atoms with van der Waals surface area (Å²) in [6.07, 6.45) is 6.96. The molecule has 3 rings (SSSR count). The average Bonchev–Trinajstić information content (AvgIpc) is 3.02. The van der Waals surface area contributed by atoms with Crippen LogP contribution in [0.5, 0.6) is 0 Å². The van der Waals surface area contributed by atoms with Gasteiger partial charge in [0.2, 0.25) is 0 Å². The molecule has 0 radical (unpaired) electrons. The Bertz CT molecular complexity index is 597. The van der Waals surface area contributed by atoms with Gasteiger partial charge in [-0.05, 0) is 31.0 Å². The molecule has 1 aliphatic carbocycles. The fraction of sp³-hybridized carbons (Fsp3) is 0.500. The summed E-state index contributed by atoms with van der Waals surface area (Å²) in [5.74, 6) is 0. The van der Waals surface area contributed by atoms with Gasteiger partial charge in [-0.1, -0.05) is 44.0 Å². The number of hydrogen-bond donors (Lipinski definition) is 1. The van der Waals surface area contributed by atoms with Crippen LogP contribution < -0.4 is 5.73 Å². The summed E-state index contributed by atoms with van der Waals surface area (Å²) >= 11 is 0. The van der Waals surface area contributed by atoms with Crippen molar-refractivity contribution in [1.82, 2.24) is 9.88 Å². The fourth-order valence-corrected chi connectivity index (χ4v) is 3.80. The number of aromatic nitrogens is 1. The molecule has 0 atom stereocenters. The Kier molecular flexibility index (Phi) is 4.22. The normalized spacial score (nSPS) is 17.7. The van der Waals surface area contributed by atoms with Gasteiger partial charge in [0.1, 0.15) is 0 Å². The van der Waals surface area contributed by atoms with E-state index in [0.717, 1.165) is 25.2 Å². The van der Waals surface area contributed by atoms with Crippen LogP contribution in [0, 0.1) is 0 Å². The SMILES string of the molecule is CCN(Cc1cccc2cccnc12)C1(CN)CCCC1. The minimum Gasteiger partial charge on any atom is -0.329 e. The standard InChI is InChI=1S/C18H25N3/c1-2-21(18(14-19)10-3-4-11-18)13-16-8-5-7-15-9-6-12-20-17(15)16/h5-9,12H,2-4,10-11,13-14,19H2,1H3. The molecule has 1 saturated carbocycles. The Morgan fingerprint density at radius 1 is 1.19 bits per heavy atom. The van der Waals surface area contributed by atoms with Crippen LogP contribution in [0.2, 0.25) is 0 Å². The van der Waals surface area contributed by atoms with E-state index in [1.807, 2.05) is 12.3 Å². The molecule has 1 aromatic heterocycles. The second kappa shape index (κ2) is 6.12. The number of nitrogens with zero attached hydrogens (tertiary/aromatic N) is 2. The van der Waals surface area contributed by atoms with Crippen molar-refractivity contribution in [2.24, 2.45) is 5.73 Å². The van der Waals surface area contributed by atoms with Gasteiger partial charge in [-0.25, -0.2) is 0 Å². The van der Waals surface area contributed by atoms with Crippen LogP contribution in [0.15, 0.2) is 36.5 Å². The molecule has 1 heterocycles. The van der Waals surface area contributed by atoms with Crippen LogP contribution in [-0.2, 0) is 6.54 Å². The molecule has 2 N–H and O–H groups in total. The number of rotatable bonds is 5. The Balaban J connectivity index is 1.92. The van der Waals surface area contributed by atoms with Crippen molar-refractivity contribution in [3.05, 3.63) is 42.1 Å². The molecule has 0 unspecified atom stereocenters. The zero-order valence-corrected chi connectivity index (χ0v) is 12.9. The van der Waals surface area contributed by atoms with Crippen molar-refractivity contribution in [1.29, 1.82) is 0 Å². The van der Waals surface area contributed by atoms with Gasteiger partial charge in [-0.2, -0.15) is 0 Å². The molecular weight excluding hydrogens is 258 g/mol. The monoisotopic (exact) mass is 283 g/mol. The molecule has 0 amide bonds. The second-order valence-corrected chi connectivity index (χ2v) is 6.14. The summed E-state index contributed by atoms with van der Waals surface area (Å²) in [5, 5.41) is 1.22. The molecule has 21 heavy (non-hydrogen) atoms. The van der Waals surface area contributed by atoms with Crippen LogP contribution >= 0.6 is 0 Å². The van der Waals surface area contributed by atoms with Crippen molar-refractivity contribution >= 4 is 10.9 Å². The molecule has 1 aromatic carbocycles. The van der Waals surface area contributed by atoms with Crippen LogP contribution in [0.4, 0.5) is 0 Å². The number of hydrogen-bond acceptors (Lipinski definition) is 3. The summed E-state index contributed by atoms with van der Waals surface area (Å²) in [7, 11) is 0. The molecule has 1 fully saturated rings. The lowest BCUT2D eigenvalue weighted by atomic mass is 9.94. The van der Waals surface area contributed by atoms with E-state index >= 15 is 0 Å². The average molecular weight is 283 g/mol. The Morgan fingerprint density at radius 3 is 2.67 bits per heavy atom. The van der Waals surface area contributed by atoms with Crippen molar-refractivity contribution in [2.75, 3.05) is 13.1 Å². The van der Waals surface area contributed by atoms with Crippen molar-refractivity contribution in [3.63, 3.8) is 0 Å². The summed E-state index contributed by atoms with van der Waals surface area (Å²) < 4.78 is 0. The lowest BCUT2D eigenvalue weighted by Gasteiger charge is -2.40. The molecule has 0 bridgehead atoms. The number of pyridine rings is 1. The third kappa shape index (κ3) is 2.68. The number of fused-ring (bicyclic) bond motifs is 1. The van der Waals surface area contributed by atoms with E-state index in [-0.39, 0.29) is 5.54 Å². The highest BCUT2D eigenvalue weighted by Crippen LogP contribution is 2.35. The molecule has 3 heteroatoms. The van der Waals surface area contributed by atoms with E-state index in [1.165, 1.54) is 36.6 Å². The van der Waals surface area contributed by atoms with Crippen molar-refractivity contribution < 1.29 is 0 Å². The molecule has 112 valence electrons. The maximum Gasteiger partial charge on any atom is 0.0746 e. The van der Waals surface area contributed by atoms with E-state index in [4.69, 9.17) is 5.73 Å². The summed E-state index contributed by atoms with van der Waals surface area (Å²) in [6, 6.07) is 10.6. The maximum absolute atomic E-state index is 6.15. The zero-order chi connectivity index (χ0) is 14.7.